The maximum Gasteiger partial charge on any atom is 0.387 e. The number of pyridine rings is 3. The molecule has 2 atom stereocenters. The quantitative estimate of drug-likeness (QED) is 0.266. The Morgan fingerprint density at radius 3 is 2.75 bits per heavy atom. The summed E-state index contributed by atoms with van der Waals surface area (Å²) >= 11 is 0. The first kappa shape index (κ1) is 27.0. The van der Waals surface area contributed by atoms with Gasteiger partial charge in [-0.3, -0.25) is 14.8 Å². The number of aromatic nitrogens is 3. The van der Waals surface area contributed by atoms with Crippen LogP contribution < -0.4 is 15.0 Å². The second-order valence-electron chi connectivity index (χ2n) is 9.91. The predicted molar refractivity (Wildman–Crippen MR) is 146 cm³/mol. The lowest BCUT2D eigenvalue weighted by Crippen LogP contribution is -2.21. The second-order valence-corrected chi connectivity index (χ2v) is 9.91. The van der Waals surface area contributed by atoms with E-state index in [1.54, 1.807) is 19.4 Å². The van der Waals surface area contributed by atoms with Gasteiger partial charge in [0, 0.05) is 30.5 Å². The molecular weight excluding hydrogens is 521 g/mol. The number of ether oxygens (including phenoxy) is 1. The van der Waals surface area contributed by atoms with Crippen LogP contribution in [0.2, 0.25) is 0 Å². The van der Waals surface area contributed by atoms with Crippen LogP contribution in [-0.4, -0.2) is 40.2 Å². The van der Waals surface area contributed by atoms with Gasteiger partial charge in [0.25, 0.3) is 5.91 Å². The number of amides is 1. The third-order valence-electron chi connectivity index (χ3n) is 7.02. The molecule has 0 saturated heterocycles. The number of nitrogens with one attached hydrogen (secondary N) is 2. The number of halogens is 3. The van der Waals surface area contributed by atoms with E-state index < -0.39 is 18.3 Å². The van der Waals surface area contributed by atoms with E-state index in [0.29, 0.717) is 29.4 Å². The van der Waals surface area contributed by atoms with Gasteiger partial charge in [0.2, 0.25) is 0 Å². The first-order chi connectivity index (χ1) is 19.2. The van der Waals surface area contributed by atoms with Gasteiger partial charge in [-0.25, -0.2) is 9.37 Å². The number of hydrogen-bond acceptors (Lipinski definition) is 7. The molecule has 3 heterocycles. The van der Waals surface area contributed by atoms with E-state index in [0.717, 1.165) is 18.4 Å². The second kappa shape index (κ2) is 11.3. The Labute approximate surface area is 228 Å². The summed E-state index contributed by atoms with van der Waals surface area (Å²) in [6.45, 7) is -0.929. The zero-order chi connectivity index (χ0) is 28.4. The molecule has 0 bridgehead atoms. The van der Waals surface area contributed by atoms with E-state index in [4.69, 9.17) is 5.41 Å². The molecule has 0 unspecified atom stereocenters. The molecule has 0 radical (unpaired) electrons. The lowest BCUT2D eigenvalue weighted by Gasteiger charge is -2.29. The van der Waals surface area contributed by atoms with Gasteiger partial charge in [-0.15, -0.1) is 0 Å². The Morgan fingerprint density at radius 1 is 1.15 bits per heavy atom. The third-order valence-corrected chi connectivity index (χ3v) is 7.02. The van der Waals surface area contributed by atoms with Crippen molar-refractivity contribution in [3.63, 3.8) is 0 Å². The van der Waals surface area contributed by atoms with E-state index in [1.165, 1.54) is 47.6 Å². The van der Waals surface area contributed by atoms with Gasteiger partial charge in [-0.2, -0.15) is 8.78 Å². The van der Waals surface area contributed by atoms with Crippen molar-refractivity contribution < 1.29 is 22.7 Å². The van der Waals surface area contributed by atoms with Gasteiger partial charge in [-0.1, -0.05) is 6.92 Å². The van der Waals surface area contributed by atoms with Gasteiger partial charge in [0.1, 0.15) is 5.82 Å². The molecule has 8 nitrogen and oxygen atoms in total. The minimum atomic E-state index is -3.04. The highest BCUT2D eigenvalue weighted by Gasteiger charge is 2.27. The summed E-state index contributed by atoms with van der Waals surface area (Å²) in [5, 5.41) is 11.2. The largest absolute Gasteiger partial charge is 0.431 e. The Hall–Kier alpha value is -4.54. The summed E-state index contributed by atoms with van der Waals surface area (Å²) in [4.78, 5) is 27.6. The Bertz CT molecular complexity index is 1580. The fourth-order valence-electron chi connectivity index (χ4n) is 5.23. The molecule has 1 aromatic carbocycles. The summed E-state index contributed by atoms with van der Waals surface area (Å²) < 4.78 is 45.3. The van der Waals surface area contributed by atoms with E-state index >= 15 is 0 Å². The zero-order valence-electron chi connectivity index (χ0n) is 21.9. The average Bonchev–Trinajstić information content (AvgIpc) is 2.92. The van der Waals surface area contributed by atoms with Crippen molar-refractivity contribution in [3.8, 4) is 5.75 Å². The molecule has 1 fully saturated rings. The van der Waals surface area contributed by atoms with Crippen molar-refractivity contribution in [2.24, 2.45) is 5.92 Å². The maximum atomic E-state index is 15.0. The minimum Gasteiger partial charge on any atom is -0.431 e. The first-order valence-corrected chi connectivity index (χ1v) is 12.7. The SMILES string of the molecule is C[C@@H]1CC(=N)C[C@H](c2ccncc2NC(=O)c2ccc(F)c3cc(N(C)c4ncccc4OC(F)F)cnc23)C1. The smallest absolute Gasteiger partial charge is 0.387 e. The van der Waals surface area contributed by atoms with Crippen molar-refractivity contribution in [1.82, 2.24) is 15.0 Å². The number of hydrogen-bond donors (Lipinski definition) is 2. The summed E-state index contributed by atoms with van der Waals surface area (Å²) in [5.41, 5.74) is 2.77. The summed E-state index contributed by atoms with van der Waals surface area (Å²) in [6.07, 6.45) is 8.36. The molecule has 1 aliphatic rings. The average molecular weight is 549 g/mol. The zero-order valence-corrected chi connectivity index (χ0v) is 21.9. The van der Waals surface area contributed by atoms with E-state index in [2.05, 4.69) is 31.9 Å². The number of anilines is 3. The maximum absolute atomic E-state index is 15.0. The molecule has 206 valence electrons. The van der Waals surface area contributed by atoms with Crippen molar-refractivity contribution in [2.75, 3.05) is 17.3 Å². The van der Waals surface area contributed by atoms with Crippen LogP contribution in [0.3, 0.4) is 0 Å². The summed E-state index contributed by atoms with van der Waals surface area (Å²) in [6, 6.07) is 8.70. The molecule has 3 aromatic heterocycles. The van der Waals surface area contributed by atoms with Crippen LogP contribution in [0.25, 0.3) is 10.9 Å². The summed E-state index contributed by atoms with van der Waals surface area (Å²) in [5.74, 6) is -0.692. The van der Waals surface area contributed by atoms with Crippen molar-refractivity contribution in [2.45, 2.75) is 38.7 Å². The minimum absolute atomic E-state index is 0.0743. The molecule has 1 amide bonds. The van der Waals surface area contributed by atoms with E-state index in [-0.39, 0.29) is 34.0 Å². The monoisotopic (exact) mass is 548 g/mol. The topological polar surface area (TPSA) is 104 Å². The van der Waals surface area contributed by atoms with Gasteiger partial charge in [0.05, 0.1) is 34.8 Å². The lowest BCUT2D eigenvalue weighted by atomic mass is 9.77. The number of benzene rings is 1. The summed E-state index contributed by atoms with van der Waals surface area (Å²) in [7, 11) is 1.56. The highest BCUT2D eigenvalue weighted by Crippen LogP contribution is 2.38. The van der Waals surface area contributed by atoms with Crippen molar-refractivity contribution in [3.05, 3.63) is 78.1 Å². The van der Waals surface area contributed by atoms with E-state index in [1.807, 2.05) is 6.07 Å². The molecule has 2 N–H and O–H groups in total. The normalized spacial score (nSPS) is 17.2. The number of nitrogens with zero attached hydrogens (tertiary/aromatic N) is 4. The van der Waals surface area contributed by atoms with Gasteiger partial charge in [0.15, 0.2) is 11.6 Å². The van der Waals surface area contributed by atoms with Crippen LogP contribution in [0.1, 0.15) is 48.0 Å². The van der Waals surface area contributed by atoms with Gasteiger partial charge >= 0.3 is 6.61 Å². The predicted octanol–water partition coefficient (Wildman–Crippen LogP) is 6.71. The molecule has 0 aliphatic heterocycles. The molecule has 4 aromatic rings. The Balaban J connectivity index is 1.46. The molecule has 11 heteroatoms. The van der Waals surface area contributed by atoms with E-state index in [9.17, 15) is 18.0 Å². The van der Waals surface area contributed by atoms with Crippen LogP contribution in [0, 0.1) is 17.1 Å². The van der Waals surface area contributed by atoms with Crippen molar-refractivity contribution >= 4 is 39.7 Å². The van der Waals surface area contributed by atoms with Crippen LogP contribution >= 0.6 is 0 Å². The third kappa shape index (κ3) is 5.58. The van der Waals surface area contributed by atoms with Gasteiger partial charge < -0.3 is 20.4 Å². The van der Waals surface area contributed by atoms with Crippen LogP contribution in [0.4, 0.5) is 30.4 Å². The fraction of sp³-hybridized carbons (Fsp3) is 0.276. The van der Waals surface area contributed by atoms with Crippen molar-refractivity contribution in [1.29, 1.82) is 5.41 Å². The first-order valence-electron chi connectivity index (χ1n) is 12.7. The highest BCUT2D eigenvalue weighted by atomic mass is 19.3. The van der Waals surface area contributed by atoms with Crippen LogP contribution in [0.15, 0.2) is 61.2 Å². The Morgan fingerprint density at radius 2 is 1.98 bits per heavy atom. The standard InChI is InChI=1S/C29H27F3N6O2/c1-16-10-17(12-18(33)11-16)20-7-9-34-15-24(20)37-28(39)21-5-6-23(30)22-13-19(14-36-26(21)22)38(2)27-25(40-29(31)32)4-3-8-35-27/h3-9,13-17,29,33H,10-12H2,1-2H3,(H,37,39)/t16-,17+/m0/s1. The molecule has 1 saturated carbocycles. The molecule has 40 heavy (non-hydrogen) atoms. The fourth-order valence-corrected chi connectivity index (χ4v) is 5.23. The van der Waals surface area contributed by atoms with Crippen LogP contribution in [0.5, 0.6) is 5.75 Å². The molecule has 0 spiro atoms. The molecular formula is C29H27F3N6O2. The molecule has 1 aliphatic carbocycles. The number of alkyl halides is 2. The van der Waals surface area contributed by atoms with Gasteiger partial charge in [-0.05, 0) is 73.1 Å². The number of fused-ring (bicyclic) bond motifs is 1. The highest BCUT2D eigenvalue weighted by molar-refractivity contribution is 6.12. The number of rotatable bonds is 7. The Kier molecular flexibility index (Phi) is 7.63. The van der Waals surface area contributed by atoms with Crippen LogP contribution in [-0.2, 0) is 0 Å². The number of carbonyl (C=O) groups is 1. The lowest BCUT2D eigenvalue weighted by molar-refractivity contribution is -0.0496. The molecule has 5 rings (SSSR count). The number of carbonyl (C=O) groups excluding carboxylic acids is 1.